The van der Waals surface area contributed by atoms with Gasteiger partial charge in [-0.2, -0.15) is 4.39 Å². The molecule has 0 N–H and O–H groups in total. The first-order chi connectivity index (χ1) is 8.34. The van der Waals surface area contributed by atoms with Gasteiger partial charge in [0.15, 0.2) is 0 Å². The smallest absolute Gasteiger partial charge is 0.327 e. The van der Waals surface area contributed by atoms with Gasteiger partial charge in [-0.25, -0.2) is 0 Å². The van der Waals surface area contributed by atoms with Crippen molar-refractivity contribution >= 4 is 17.3 Å². The molecule has 0 aliphatic rings. The number of nitro benzene ring substituents is 1. The zero-order valence-corrected chi connectivity index (χ0v) is 10.4. The van der Waals surface area contributed by atoms with Crippen molar-refractivity contribution in [3.63, 3.8) is 0 Å². The molecule has 6 nitrogen and oxygen atoms in total. The van der Waals surface area contributed by atoms with Crippen molar-refractivity contribution in [3.8, 4) is 0 Å². The van der Waals surface area contributed by atoms with Gasteiger partial charge in [0, 0.05) is 21.1 Å². The van der Waals surface area contributed by atoms with Gasteiger partial charge in [0.25, 0.3) is 0 Å². The maximum Gasteiger partial charge on any atom is 0.327 e. The van der Waals surface area contributed by atoms with E-state index in [4.69, 9.17) is 0 Å². The number of nitrogens with zero attached hydrogens (tertiary/aromatic N) is 3. The van der Waals surface area contributed by atoms with Crippen LogP contribution in [0.4, 0.5) is 15.8 Å². The van der Waals surface area contributed by atoms with Gasteiger partial charge in [0.1, 0.15) is 5.69 Å². The number of hydrogen-bond acceptors (Lipinski definition) is 4. The van der Waals surface area contributed by atoms with E-state index < -0.39 is 16.4 Å². The molecule has 0 heterocycles. The first-order valence-corrected chi connectivity index (χ1v) is 5.18. The minimum Gasteiger partial charge on any atom is -0.360 e. The first kappa shape index (κ1) is 13.9. The van der Waals surface area contributed by atoms with Crippen LogP contribution < -0.4 is 4.90 Å². The standard InChI is InChI=1S/C11H14FN3O3/c1-13(2)10(16)7-14(3)9-6-4-5-8(12)11(9)15(17)18/h4-6H,7H2,1-3H3. The third-order valence-corrected chi connectivity index (χ3v) is 2.43. The van der Waals surface area contributed by atoms with Crippen LogP contribution in [-0.4, -0.2) is 43.4 Å². The third-order valence-electron chi connectivity index (χ3n) is 2.43. The Morgan fingerprint density at radius 1 is 1.39 bits per heavy atom. The molecular weight excluding hydrogens is 241 g/mol. The number of anilines is 1. The molecule has 0 fully saturated rings. The van der Waals surface area contributed by atoms with Crippen molar-refractivity contribution in [1.82, 2.24) is 4.90 Å². The second-order valence-corrected chi connectivity index (χ2v) is 4.01. The Balaban J connectivity index is 3.06. The number of nitro groups is 1. The Bertz CT molecular complexity index is 477. The summed E-state index contributed by atoms with van der Waals surface area (Å²) in [5, 5.41) is 10.8. The molecule has 1 amide bonds. The number of halogens is 1. The van der Waals surface area contributed by atoms with Crippen molar-refractivity contribution in [2.75, 3.05) is 32.6 Å². The molecule has 7 heteroatoms. The molecule has 0 aromatic heterocycles. The number of carbonyl (C=O) groups is 1. The van der Waals surface area contributed by atoms with Crippen LogP contribution in [-0.2, 0) is 4.79 Å². The van der Waals surface area contributed by atoms with E-state index in [-0.39, 0.29) is 18.1 Å². The van der Waals surface area contributed by atoms with E-state index in [1.807, 2.05) is 0 Å². The van der Waals surface area contributed by atoms with Crippen LogP contribution >= 0.6 is 0 Å². The highest BCUT2D eigenvalue weighted by molar-refractivity contribution is 5.82. The normalized spacial score (nSPS) is 10.0. The van der Waals surface area contributed by atoms with Crippen LogP contribution in [0.2, 0.25) is 0 Å². The summed E-state index contributed by atoms with van der Waals surface area (Å²) >= 11 is 0. The van der Waals surface area contributed by atoms with Crippen LogP contribution in [0, 0.1) is 15.9 Å². The van der Waals surface area contributed by atoms with Crippen LogP contribution in [0.15, 0.2) is 18.2 Å². The monoisotopic (exact) mass is 255 g/mol. The Kier molecular flexibility index (Phi) is 4.19. The Morgan fingerprint density at radius 3 is 2.50 bits per heavy atom. The third kappa shape index (κ3) is 2.93. The summed E-state index contributed by atoms with van der Waals surface area (Å²) in [6.07, 6.45) is 0. The molecule has 0 saturated heterocycles. The van der Waals surface area contributed by atoms with Gasteiger partial charge in [-0.3, -0.25) is 14.9 Å². The van der Waals surface area contributed by atoms with Gasteiger partial charge in [0.05, 0.1) is 11.5 Å². The minimum atomic E-state index is -0.915. The number of amides is 1. The maximum absolute atomic E-state index is 13.4. The molecule has 1 aromatic carbocycles. The van der Waals surface area contributed by atoms with E-state index in [0.717, 1.165) is 6.07 Å². The fraction of sp³-hybridized carbons (Fsp3) is 0.364. The van der Waals surface area contributed by atoms with Crippen molar-refractivity contribution in [1.29, 1.82) is 0 Å². The first-order valence-electron chi connectivity index (χ1n) is 5.18. The van der Waals surface area contributed by atoms with Crippen LogP contribution in [0.5, 0.6) is 0 Å². The van der Waals surface area contributed by atoms with E-state index in [1.165, 1.54) is 29.0 Å². The zero-order valence-electron chi connectivity index (χ0n) is 10.4. The summed E-state index contributed by atoms with van der Waals surface area (Å²) in [6.45, 7) is -0.0582. The van der Waals surface area contributed by atoms with Gasteiger partial charge in [0.2, 0.25) is 11.7 Å². The SMILES string of the molecule is CN(C)C(=O)CN(C)c1cccc(F)c1[N+](=O)[O-]. The second-order valence-electron chi connectivity index (χ2n) is 4.01. The van der Waals surface area contributed by atoms with E-state index in [0.29, 0.717) is 0 Å². The molecule has 1 rings (SSSR count). The topological polar surface area (TPSA) is 66.7 Å². The largest absolute Gasteiger partial charge is 0.360 e. The molecule has 1 aromatic rings. The fourth-order valence-corrected chi connectivity index (χ4v) is 1.42. The summed E-state index contributed by atoms with van der Waals surface area (Å²) in [7, 11) is 4.66. The summed E-state index contributed by atoms with van der Waals surface area (Å²) in [6, 6.07) is 3.79. The average molecular weight is 255 g/mol. The van der Waals surface area contributed by atoms with Gasteiger partial charge < -0.3 is 9.80 Å². The molecule has 0 aliphatic heterocycles. The van der Waals surface area contributed by atoms with Crippen LogP contribution in [0.3, 0.4) is 0 Å². The quantitative estimate of drug-likeness (QED) is 0.600. The van der Waals surface area contributed by atoms with E-state index in [1.54, 1.807) is 14.1 Å². The molecule has 98 valence electrons. The number of hydrogen-bond donors (Lipinski definition) is 0. The molecule has 0 unspecified atom stereocenters. The van der Waals surface area contributed by atoms with Gasteiger partial charge in [-0.1, -0.05) is 6.07 Å². The molecule has 0 bridgehead atoms. The number of para-hydroxylation sites is 1. The highest BCUT2D eigenvalue weighted by Gasteiger charge is 2.23. The average Bonchev–Trinajstić information content (AvgIpc) is 2.27. The van der Waals surface area contributed by atoms with Crippen molar-refractivity contribution in [2.24, 2.45) is 0 Å². The van der Waals surface area contributed by atoms with Crippen molar-refractivity contribution < 1.29 is 14.1 Å². The van der Waals surface area contributed by atoms with Gasteiger partial charge in [-0.05, 0) is 12.1 Å². The highest BCUT2D eigenvalue weighted by Crippen LogP contribution is 2.29. The van der Waals surface area contributed by atoms with Crippen LogP contribution in [0.25, 0.3) is 0 Å². The number of carbonyl (C=O) groups excluding carboxylic acids is 1. The fourth-order valence-electron chi connectivity index (χ4n) is 1.42. The zero-order chi connectivity index (χ0) is 13.9. The molecule has 0 saturated carbocycles. The van der Waals surface area contributed by atoms with E-state index >= 15 is 0 Å². The number of benzene rings is 1. The molecular formula is C11H14FN3O3. The Hall–Kier alpha value is -2.18. The summed E-state index contributed by atoms with van der Waals surface area (Å²) < 4.78 is 13.4. The van der Waals surface area contributed by atoms with Crippen LogP contribution in [0.1, 0.15) is 0 Å². The Labute approximate surface area is 104 Å². The second kappa shape index (κ2) is 5.44. The highest BCUT2D eigenvalue weighted by atomic mass is 19.1. The van der Waals surface area contributed by atoms with E-state index in [2.05, 4.69) is 0 Å². The van der Waals surface area contributed by atoms with E-state index in [9.17, 15) is 19.3 Å². The van der Waals surface area contributed by atoms with Crippen molar-refractivity contribution in [3.05, 3.63) is 34.1 Å². The lowest BCUT2D eigenvalue weighted by atomic mass is 10.2. The van der Waals surface area contributed by atoms with Gasteiger partial charge >= 0.3 is 5.69 Å². The predicted molar refractivity (Wildman–Crippen MR) is 65.0 cm³/mol. The number of rotatable bonds is 4. The Morgan fingerprint density at radius 2 is 2.00 bits per heavy atom. The van der Waals surface area contributed by atoms with Crippen molar-refractivity contribution in [2.45, 2.75) is 0 Å². The molecule has 0 aliphatic carbocycles. The summed E-state index contributed by atoms with van der Waals surface area (Å²) in [5.41, 5.74) is -0.540. The summed E-state index contributed by atoms with van der Waals surface area (Å²) in [5.74, 6) is -1.14. The predicted octanol–water partition coefficient (Wildman–Crippen LogP) is 1.26. The lowest BCUT2D eigenvalue weighted by Crippen LogP contribution is -2.34. The lowest BCUT2D eigenvalue weighted by molar-refractivity contribution is -0.386. The minimum absolute atomic E-state index is 0.0582. The molecule has 0 radical (unpaired) electrons. The number of likely N-dealkylation sites (N-methyl/N-ethyl adjacent to an activating group) is 2. The lowest BCUT2D eigenvalue weighted by Gasteiger charge is -2.20. The van der Waals surface area contributed by atoms with Gasteiger partial charge in [-0.15, -0.1) is 0 Å². The summed E-state index contributed by atoms with van der Waals surface area (Å²) in [4.78, 5) is 24.2. The molecule has 0 atom stereocenters. The molecule has 0 spiro atoms. The maximum atomic E-state index is 13.4. The molecule has 18 heavy (non-hydrogen) atoms.